The molecule has 1 aliphatic heterocycles. The van der Waals surface area contributed by atoms with E-state index >= 15 is 0 Å². The number of aromatic nitrogens is 3. The lowest BCUT2D eigenvalue weighted by molar-refractivity contribution is -0.129. The smallest absolute Gasteiger partial charge is 0.259 e. The first kappa shape index (κ1) is 23.0. The van der Waals surface area contributed by atoms with Crippen molar-refractivity contribution in [3.63, 3.8) is 0 Å². The van der Waals surface area contributed by atoms with Gasteiger partial charge in [-0.1, -0.05) is 0 Å². The third-order valence-corrected chi connectivity index (χ3v) is 8.56. The van der Waals surface area contributed by atoms with Gasteiger partial charge >= 0.3 is 0 Å². The number of carbonyl (C=O) groups is 2. The lowest BCUT2D eigenvalue weighted by Gasteiger charge is -2.32. The van der Waals surface area contributed by atoms with Crippen LogP contribution in [0, 0.1) is 0 Å². The van der Waals surface area contributed by atoms with E-state index < -0.39 is 0 Å². The largest absolute Gasteiger partial charge is 0.349 e. The number of aromatic amines is 1. The lowest BCUT2D eigenvalue weighted by Crippen LogP contribution is -2.47. The van der Waals surface area contributed by atoms with E-state index in [9.17, 15) is 14.4 Å². The van der Waals surface area contributed by atoms with Gasteiger partial charge in [-0.3, -0.25) is 19.4 Å². The number of aryl methyl sites for hydroxylation is 2. The maximum atomic E-state index is 12.7. The Bertz CT molecular complexity index is 1250. The normalized spacial score (nSPS) is 16.4. The molecule has 0 radical (unpaired) electrons. The topological polar surface area (TPSA) is 108 Å². The Hall–Kier alpha value is -2.72. The van der Waals surface area contributed by atoms with Crippen molar-refractivity contribution in [2.75, 3.05) is 18.8 Å². The number of nitrogens with zero attached hydrogens (tertiary/aromatic N) is 3. The summed E-state index contributed by atoms with van der Waals surface area (Å²) in [7, 11) is 0. The molecule has 0 aromatic carbocycles. The van der Waals surface area contributed by atoms with Crippen LogP contribution in [-0.4, -0.2) is 56.6 Å². The number of thiophene rings is 1. The molecule has 0 spiro atoms. The van der Waals surface area contributed by atoms with Gasteiger partial charge in [-0.2, -0.15) is 0 Å². The number of thioether (sulfide) groups is 1. The SMILES string of the molecule is O=C(NC1CCN(C(=O)CSCc2nc3sc4c(c3c(=O)[nH]2)CCCC4)CC1)c1cccnc1. The molecule has 10 heteroatoms. The fourth-order valence-electron chi connectivity index (χ4n) is 4.64. The zero-order valence-corrected chi connectivity index (χ0v) is 20.5. The first-order valence-electron chi connectivity index (χ1n) is 11.7. The Labute approximate surface area is 205 Å². The predicted molar refractivity (Wildman–Crippen MR) is 134 cm³/mol. The van der Waals surface area contributed by atoms with Crippen LogP contribution >= 0.6 is 23.1 Å². The molecule has 3 aromatic heterocycles. The molecule has 8 nitrogen and oxygen atoms in total. The number of pyridine rings is 1. The Morgan fingerprint density at radius 3 is 2.85 bits per heavy atom. The third kappa shape index (κ3) is 5.02. The highest BCUT2D eigenvalue weighted by Gasteiger charge is 2.24. The van der Waals surface area contributed by atoms with Crippen molar-refractivity contribution in [1.82, 2.24) is 25.2 Å². The molecule has 1 fully saturated rings. The van der Waals surface area contributed by atoms with Crippen LogP contribution in [0.3, 0.4) is 0 Å². The summed E-state index contributed by atoms with van der Waals surface area (Å²) in [5.74, 6) is 1.42. The molecular formula is C24H27N5O3S2. The minimum absolute atomic E-state index is 0.0540. The van der Waals surface area contributed by atoms with Crippen LogP contribution in [0.5, 0.6) is 0 Å². The van der Waals surface area contributed by atoms with E-state index in [2.05, 4.69) is 20.3 Å². The number of H-pyrrole nitrogens is 1. The number of rotatable bonds is 6. The van der Waals surface area contributed by atoms with Crippen molar-refractivity contribution in [3.8, 4) is 0 Å². The molecule has 178 valence electrons. The predicted octanol–water partition coefficient (Wildman–Crippen LogP) is 2.91. The summed E-state index contributed by atoms with van der Waals surface area (Å²) in [5, 5.41) is 3.80. The van der Waals surface area contributed by atoms with Crippen LogP contribution in [0.2, 0.25) is 0 Å². The molecule has 0 unspecified atom stereocenters. The summed E-state index contributed by atoms with van der Waals surface area (Å²) < 4.78 is 0. The van der Waals surface area contributed by atoms with Gasteiger partial charge in [0.05, 0.1) is 22.5 Å². The number of piperidine rings is 1. The summed E-state index contributed by atoms with van der Waals surface area (Å²) in [6, 6.07) is 3.54. The second-order valence-corrected chi connectivity index (χ2v) is 10.8. The van der Waals surface area contributed by atoms with Gasteiger partial charge in [0.25, 0.3) is 11.5 Å². The van der Waals surface area contributed by atoms with Gasteiger partial charge in [-0.15, -0.1) is 23.1 Å². The standard InChI is InChI=1S/C24H27N5O3S2/c30-20(29-10-7-16(8-11-29)26-22(31)15-4-3-9-25-12-15)14-33-13-19-27-23(32)21-17-5-1-2-6-18(17)34-24(21)28-19/h3-4,9,12,16H,1-2,5-8,10-11,13-14H2,(H,26,31)(H,27,28,32). The van der Waals surface area contributed by atoms with Gasteiger partial charge < -0.3 is 15.2 Å². The summed E-state index contributed by atoms with van der Waals surface area (Å²) in [6.45, 7) is 1.25. The number of amides is 2. The zero-order valence-electron chi connectivity index (χ0n) is 18.8. The Morgan fingerprint density at radius 2 is 2.06 bits per heavy atom. The maximum absolute atomic E-state index is 12.7. The minimum atomic E-state index is -0.126. The Kier molecular flexibility index (Phi) is 6.96. The number of fused-ring (bicyclic) bond motifs is 3. The number of likely N-dealkylation sites (tertiary alicyclic amines) is 1. The van der Waals surface area contributed by atoms with Crippen LogP contribution in [0.1, 0.15) is 52.3 Å². The van der Waals surface area contributed by atoms with Crippen LogP contribution < -0.4 is 10.9 Å². The molecule has 5 rings (SSSR count). The molecule has 3 aromatic rings. The average Bonchev–Trinajstić information content (AvgIpc) is 3.24. The molecule has 2 aliphatic rings. The summed E-state index contributed by atoms with van der Waals surface area (Å²) >= 11 is 3.12. The molecule has 34 heavy (non-hydrogen) atoms. The molecule has 2 amide bonds. The highest BCUT2D eigenvalue weighted by molar-refractivity contribution is 7.99. The van der Waals surface area contributed by atoms with Crippen LogP contribution in [-0.2, 0) is 23.4 Å². The average molecular weight is 498 g/mol. The van der Waals surface area contributed by atoms with Gasteiger partial charge in [0, 0.05) is 36.4 Å². The van der Waals surface area contributed by atoms with Crippen molar-refractivity contribution in [2.45, 2.75) is 50.3 Å². The quantitative estimate of drug-likeness (QED) is 0.542. The number of hydrogen-bond acceptors (Lipinski definition) is 7. The number of nitrogens with one attached hydrogen (secondary N) is 2. The van der Waals surface area contributed by atoms with Crippen LogP contribution in [0.25, 0.3) is 10.2 Å². The van der Waals surface area contributed by atoms with E-state index in [1.807, 2.05) is 4.90 Å². The van der Waals surface area contributed by atoms with Crippen molar-refractivity contribution >= 4 is 45.1 Å². The van der Waals surface area contributed by atoms with E-state index in [1.54, 1.807) is 35.9 Å². The van der Waals surface area contributed by atoms with E-state index in [0.29, 0.717) is 36.0 Å². The van der Waals surface area contributed by atoms with Crippen molar-refractivity contribution in [2.24, 2.45) is 0 Å². The second kappa shape index (κ2) is 10.3. The summed E-state index contributed by atoms with van der Waals surface area (Å²) in [5.41, 5.74) is 1.68. The maximum Gasteiger partial charge on any atom is 0.259 e. The molecule has 1 aliphatic carbocycles. The van der Waals surface area contributed by atoms with Gasteiger partial charge in [0.1, 0.15) is 10.7 Å². The monoisotopic (exact) mass is 497 g/mol. The van der Waals surface area contributed by atoms with Crippen molar-refractivity contribution in [1.29, 1.82) is 0 Å². The molecule has 0 saturated carbocycles. The van der Waals surface area contributed by atoms with Gasteiger partial charge in [-0.25, -0.2) is 4.98 Å². The van der Waals surface area contributed by atoms with Crippen molar-refractivity contribution < 1.29 is 9.59 Å². The van der Waals surface area contributed by atoms with E-state index in [0.717, 1.165) is 42.3 Å². The van der Waals surface area contributed by atoms with Crippen LogP contribution in [0.15, 0.2) is 29.3 Å². The first-order valence-corrected chi connectivity index (χ1v) is 13.7. The zero-order chi connectivity index (χ0) is 23.5. The lowest BCUT2D eigenvalue weighted by atomic mass is 9.97. The fraction of sp³-hybridized carbons (Fsp3) is 0.458. The minimum Gasteiger partial charge on any atom is -0.349 e. The highest BCUT2D eigenvalue weighted by atomic mass is 32.2. The van der Waals surface area contributed by atoms with Gasteiger partial charge in [0.15, 0.2) is 0 Å². The molecular weight excluding hydrogens is 470 g/mol. The van der Waals surface area contributed by atoms with E-state index in [1.165, 1.54) is 28.6 Å². The number of hydrogen-bond donors (Lipinski definition) is 2. The highest BCUT2D eigenvalue weighted by Crippen LogP contribution is 2.33. The molecule has 1 saturated heterocycles. The van der Waals surface area contributed by atoms with E-state index in [-0.39, 0.29) is 23.4 Å². The molecule has 0 bridgehead atoms. The first-order chi connectivity index (χ1) is 16.6. The summed E-state index contributed by atoms with van der Waals surface area (Å²) in [4.78, 5) is 53.2. The van der Waals surface area contributed by atoms with Crippen LogP contribution in [0.4, 0.5) is 0 Å². The molecule has 0 atom stereocenters. The fourth-order valence-corrected chi connectivity index (χ4v) is 6.71. The van der Waals surface area contributed by atoms with Gasteiger partial charge in [-0.05, 0) is 56.2 Å². The molecule has 4 heterocycles. The Morgan fingerprint density at radius 1 is 1.24 bits per heavy atom. The third-order valence-electron chi connectivity index (χ3n) is 6.45. The number of carbonyl (C=O) groups excluding carboxylic acids is 2. The summed E-state index contributed by atoms with van der Waals surface area (Å²) in [6.07, 6.45) is 8.97. The van der Waals surface area contributed by atoms with Gasteiger partial charge in [0.2, 0.25) is 5.91 Å². The second-order valence-electron chi connectivity index (χ2n) is 8.77. The molecule has 2 N–H and O–H groups in total. The van der Waals surface area contributed by atoms with Crippen molar-refractivity contribution in [3.05, 3.63) is 56.7 Å². The van der Waals surface area contributed by atoms with E-state index in [4.69, 9.17) is 0 Å². The Balaban J connectivity index is 1.10.